The largest absolute Gasteiger partial charge is 0.492 e. The summed E-state index contributed by atoms with van der Waals surface area (Å²) >= 11 is 3.29. The number of halogens is 1. The van der Waals surface area contributed by atoms with Crippen molar-refractivity contribution in [3.63, 3.8) is 0 Å². The average molecular weight is 361 g/mol. The van der Waals surface area contributed by atoms with Crippen LogP contribution in [0.4, 0.5) is 0 Å². The van der Waals surface area contributed by atoms with Crippen LogP contribution in [0.2, 0.25) is 0 Å². The summed E-state index contributed by atoms with van der Waals surface area (Å²) in [6.07, 6.45) is 1.82. The van der Waals surface area contributed by atoms with Crippen molar-refractivity contribution in [1.29, 1.82) is 0 Å². The molecule has 0 spiro atoms. The predicted molar refractivity (Wildman–Crippen MR) is 76.0 cm³/mol. The summed E-state index contributed by atoms with van der Waals surface area (Å²) < 4.78 is 29.3. The number of alkyl halides is 1. The van der Waals surface area contributed by atoms with Crippen molar-refractivity contribution in [2.45, 2.75) is 16.8 Å². The number of nitrogens with two attached hydrogens (primary N) is 1. The molecule has 0 saturated carbocycles. The maximum Gasteiger partial charge on any atom is 0.238 e. The van der Waals surface area contributed by atoms with Crippen LogP contribution in [-0.2, 0) is 21.9 Å². The second kappa shape index (κ2) is 6.33. The van der Waals surface area contributed by atoms with Crippen molar-refractivity contribution in [1.82, 2.24) is 15.0 Å². The maximum absolute atomic E-state index is 11.1. The lowest BCUT2D eigenvalue weighted by Gasteiger charge is -2.06. The van der Waals surface area contributed by atoms with Crippen LogP contribution in [0.5, 0.6) is 5.75 Å². The molecular weight excluding hydrogens is 348 g/mol. The molecule has 108 valence electrons. The molecule has 0 fully saturated rings. The molecule has 2 aromatic rings. The SMILES string of the molecule is NS(=O)(=O)c1ccc(OCCn2cc(CBr)nn2)cc1. The van der Waals surface area contributed by atoms with Crippen molar-refractivity contribution >= 4 is 26.0 Å². The van der Waals surface area contributed by atoms with Gasteiger partial charge in [0.2, 0.25) is 10.0 Å². The lowest BCUT2D eigenvalue weighted by molar-refractivity contribution is 0.289. The zero-order valence-corrected chi connectivity index (χ0v) is 12.8. The van der Waals surface area contributed by atoms with Crippen molar-refractivity contribution in [2.24, 2.45) is 5.14 Å². The monoisotopic (exact) mass is 360 g/mol. The van der Waals surface area contributed by atoms with Gasteiger partial charge in [-0.25, -0.2) is 18.2 Å². The zero-order chi connectivity index (χ0) is 14.6. The molecule has 2 rings (SSSR count). The smallest absolute Gasteiger partial charge is 0.238 e. The highest BCUT2D eigenvalue weighted by Crippen LogP contribution is 2.14. The summed E-state index contributed by atoms with van der Waals surface area (Å²) in [5.41, 5.74) is 0.850. The first-order valence-electron chi connectivity index (χ1n) is 5.69. The molecule has 20 heavy (non-hydrogen) atoms. The zero-order valence-electron chi connectivity index (χ0n) is 10.4. The lowest BCUT2D eigenvalue weighted by atomic mass is 10.3. The van der Waals surface area contributed by atoms with E-state index in [2.05, 4.69) is 26.2 Å². The number of primary sulfonamides is 1. The number of hydrogen-bond acceptors (Lipinski definition) is 5. The normalized spacial score (nSPS) is 11.5. The average Bonchev–Trinajstić information content (AvgIpc) is 2.86. The number of rotatable bonds is 6. The van der Waals surface area contributed by atoms with Gasteiger partial charge in [0.15, 0.2) is 0 Å². The maximum atomic E-state index is 11.1. The summed E-state index contributed by atoms with van der Waals surface area (Å²) in [4.78, 5) is 0.0584. The second-order valence-corrected chi connectivity index (χ2v) is 6.09. The molecule has 1 heterocycles. The van der Waals surface area contributed by atoms with E-state index in [4.69, 9.17) is 9.88 Å². The van der Waals surface area contributed by atoms with Gasteiger partial charge in [0.1, 0.15) is 12.4 Å². The first-order valence-corrected chi connectivity index (χ1v) is 8.36. The summed E-state index contributed by atoms with van der Waals surface area (Å²) in [6, 6.07) is 5.93. The van der Waals surface area contributed by atoms with Gasteiger partial charge in [-0.1, -0.05) is 21.1 Å². The van der Waals surface area contributed by atoms with E-state index in [1.54, 1.807) is 16.8 Å². The predicted octanol–water partition coefficient (Wildman–Crippen LogP) is 0.899. The van der Waals surface area contributed by atoms with Gasteiger partial charge in [0.05, 0.1) is 17.1 Å². The number of ether oxygens (including phenoxy) is 1. The standard InChI is InChI=1S/C11H13BrN4O3S/c12-7-9-8-16(15-14-9)5-6-19-10-1-3-11(4-2-10)20(13,17)18/h1-4,8H,5-7H2,(H2,13,17,18). The fraction of sp³-hybridized carbons (Fsp3) is 0.273. The van der Waals surface area contributed by atoms with E-state index in [0.717, 1.165) is 5.69 Å². The van der Waals surface area contributed by atoms with Gasteiger partial charge in [-0.3, -0.25) is 0 Å². The molecule has 0 aliphatic carbocycles. The van der Waals surface area contributed by atoms with E-state index in [0.29, 0.717) is 24.2 Å². The molecule has 0 bridgehead atoms. The van der Waals surface area contributed by atoms with Gasteiger partial charge in [-0.2, -0.15) is 0 Å². The number of sulfonamides is 1. The van der Waals surface area contributed by atoms with E-state index in [-0.39, 0.29) is 4.90 Å². The van der Waals surface area contributed by atoms with Crippen LogP contribution in [0.15, 0.2) is 35.4 Å². The second-order valence-electron chi connectivity index (χ2n) is 3.97. The number of aromatic nitrogens is 3. The van der Waals surface area contributed by atoms with Gasteiger partial charge in [0.25, 0.3) is 0 Å². The van der Waals surface area contributed by atoms with Crippen LogP contribution in [0, 0.1) is 0 Å². The topological polar surface area (TPSA) is 100 Å². The number of hydrogen-bond donors (Lipinski definition) is 1. The van der Waals surface area contributed by atoms with Crippen LogP contribution >= 0.6 is 15.9 Å². The van der Waals surface area contributed by atoms with Gasteiger partial charge < -0.3 is 4.74 Å². The molecule has 0 saturated heterocycles. The molecule has 1 aromatic carbocycles. The van der Waals surface area contributed by atoms with Crippen molar-refractivity contribution < 1.29 is 13.2 Å². The van der Waals surface area contributed by atoms with Crippen LogP contribution in [0.3, 0.4) is 0 Å². The molecule has 0 radical (unpaired) electrons. The molecule has 0 aliphatic heterocycles. The van der Waals surface area contributed by atoms with E-state index in [1.807, 2.05) is 6.20 Å². The Morgan fingerprint density at radius 2 is 2.00 bits per heavy atom. The third kappa shape index (κ3) is 4.02. The fourth-order valence-electron chi connectivity index (χ4n) is 1.49. The molecule has 7 nitrogen and oxygen atoms in total. The Labute approximate surface area is 124 Å². The Morgan fingerprint density at radius 1 is 1.30 bits per heavy atom. The van der Waals surface area contributed by atoms with E-state index >= 15 is 0 Å². The first-order chi connectivity index (χ1) is 9.49. The fourth-order valence-corrected chi connectivity index (χ4v) is 2.26. The van der Waals surface area contributed by atoms with E-state index in [9.17, 15) is 8.42 Å². The summed E-state index contributed by atoms with van der Waals surface area (Å²) in [7, 11) is -3.67. The molecule has 0 aliphatic rings. The van der Waals surface area contributed by atoms with Gasteiger partial charge in [-0.15, -0.1) is 5.10 Å². The Bertz CT molecular complexity index is 669. The van der Waals surface area contributed by atoms with Gasteiger partial charge in [-0.05, 0) is 24.3 Å². The third-order valence-corrected chi connectivity index (χ3v) is 3.97. The molecule has 0 amide bonds. The number of nitrogens with zero attached hydrogens (tertiary/aromatic N) is 3. The molecule has 0 unspecified atom stereocenters. The summed E-state index contributed by atoms with van der Waals surface area (Å²) in [6.45, 7) is 0.955. The Kier molecular flexibility index (Phi) is 4.73. The molecular formula is C11H13BrN4O3S. The highest BCUT2D eigenvalue weighted by Gasteiger charge is 2.07. The minimum Gasteiger partial charge on any atom is -0.492 e. The minimum absolute atomic E-state index is 0.0584. The van der Waals surface area contributed by atoms with Crippen LogP contribution in [-0.4, -0.2) is 30.0 Å². The first kappa shape index (κ1) is 14.9. The van der Waals surface area contributed by atoms with Crippen molar-refractivity contribution in [3.05, 3.63) is 36.2 Å². The van der Waals surface area contributed by atoms with Crippen LogP contribution in [0.1, 0.15) is 5.69 Å². The molecule has 0 atom stereocenters. The Morgan fingerprint density at radius 3 is 2.55 bits per heavy atom. The van der Waals surface area contributed by atoms with Gasteiger partial charge >= 0.3 is 0 Å². The highest BCUT2D eigenvalue weighted by atomic mass is 79.9. The third-order valence-electron chi connectivity index (χ3n) is 2.46. The van der Waals surface area contributed by atoms with Crippen molar-refractivity contribution in [2.75, 3.05) is 6.61 Å². The molecule has 2 N–H and O–H groups in total. The van der Waals surface area contributed by atoms with Crippen LogP contribution < -0.4 is 9.88 Å². The summed E-state index contributed by atoms with van der Waals surface area (Å²) in [5.74, 6) is 0.568. The Hall–Kier alpha value is -1.45. The quantitative estimate of drug-likeness (QED) is 0.771. The minimum atomic E-state index is -3.67. The summed E-state index contributed by atoms with van der Waals surface area (Å²) in [5, 5.41) is 13.5. The van der Waals surface area contributed by atoms with Crippen LogP contribution in [0.25, 0.3) is 0 Å². The van der Waals surface area contributed by atoms with Crippen molar-refractivity contribution in [3.8, 4) is 5.75 Å². The lowest BCUT2D eigenvalue weighted by Crippen LogP contribution is -2.12. The highest BCUT2D eigenvalue weighted by molar-refractivity contribution is 9.08. The Balaban J connectivity index is 1.88. The van der Waals surface area contributed by atoms with E-state index < -0.39 is 10.0 Å². The van der Waals surface area contributed by atoms with E-state index in [1.165, 1.54) is 12.1 Å². The molecule has 9 heteroatoms. The van der Waals surface area contributed by atoms with Gasteiger partial charge in [0, 0.05) is 11.5 Å². The molecule has 1 aromatic heterocycles. The number of benzene rings is 1.